The second-order valence-corrected chi connectivity index (χ2v) is 5.42. The molecule has 0 bridgehead atoms. The molecule has 2 heteroatoms. The van der Waals surface area contributed by atoms with Crippen LogP contribution >= 0.6 is 0 Å². The summed E-state index contributed by atoms with van der Waals surface area (Å²) in [6, 6.07) is 0. The third-order valence-corrected chi connectivity index (χ3v) is 3.80. The summed E-state index contributed by atoms with van der Waals surface area (Å²) < 4.78 is 5.31. The van der Waals surface area contributed by atoms with Gasteiger partial charge in [-0.1, -0.05) is 40.0 Å². The average molecular weight is 230 g/mol. The Morgan fingerprint density at radius 3 is 1.67 bits per heavy atom. The fourth-order valence-electron chi connectivity index (χ4n) is 2.93. The second-order valence-electron chi connectivity index (χ2n) is 4.85. The Balaban J connectivity index is 4.18. The van der Waals surface area contributed by atoms with E-state index in [2.05, 4.69) is 20.8 Å². The van der Waals surface area contributed by atoms with Crippen molar-refractivity contribution in [2.45, 2.75) is 72.1 Å². The molecule has 0 amide bonds. The van der Waals surface area contributed by atoms with Gasteiger partial charge in [-0.3, -0.25) is 0 Å². The van der Waals surface area contributed by atoms with Gasteiger partial charge in [-0.2, -0.15) is 0 Å². The maximum atomic E-state index is 5.31. The quantitative estimate of drug-likeness (QED) is 0.412. The van der Waals surface area contributed by atoms with Crippen molar-refractivity contribution < 1.29 is 4.43 Å². The fraction of sp³-hybridized carbons (Fsp3) is 1.00. The highest BCUT2D eigenvalue weighted by Gasteiger charge is 2.26. The summed E-state index contributed by atoms with van der Waals surface area (Å²) in [4.78, 5) is 0. The van der Waals surface area contributed by atoms with Crippen molar-refractivity contribution >= 4 is 10.5 Å². The second kappa shape index (κ2) is 9.41. The van der Waals surface area contributed by atoms with Crippen molar-refractivity contribution in [1.29, 1.82) is 0 Å². The monoisotopic (exact) mass is 230 g/mol. The van der Waals surface area contributed by atoms with Crippen LogP contribution in [-0.2, 0) is 4.43 Å². The lowest BCUT2D eigenvalue weighted by Crippen LogP contribution is -2.21. The first-order valence-corrected chi connectivity index (χ1v) is 7.55. The zero-order valence-electron chi connectivity index (χ0n) is 11.3. The highest BCUT2D eigenvalue weighted by atomic mass is 28.2. The van der Waals surface area contributed by atoms with E-state index in [0.717, 1.165) is 17.1 Å². The van der Waals surface area contributed by atoms with Crippen LogP contribution in [0.5, 0.6) is 0 Å². The maximum absolute atomic E-state index is 5.31. The first kappa shape index (κ1) is 15.2. The summed E-state index contributed by atoms with van der Waals surface area (Å²) in [7, 11) is 0.898. The molecule has 0 aliphatic rings. The van der Waals surface area contributed by atoms with Crippen LogP contribution in [0.15, 0.2) is 0 Å². The lowest BCUT2D eigenvalue weighted by Gasteiger charge is -2.33. The molecule has 0 heterocycles. The van der Waals surface area contributed by atoms with Gasteiger partial charge in [-0.05, 0) is 37.5 Å². The molecule has 0 fully saturated rings. The molecule has 0 unspecified atom stereocenters. The van der Waals surface area contributed by atoms with Crippen molar-refractivity contribution in [2.75, 3.05) is 6.61 Å². The summed E-state index contributed by atoms with van der Waals surface area (Å²) in [5.74, 6) is 0. The van der Waals surface area contributed by atoms with E-state index >= 15 is 0 Å². The molecular formula is C13H30OSi. The molecule has 0 atom stereocenters. The van der Waals surface area contributed by atoms with Crippen molar-refractivity contribution in [1.82, 2.24) is 0 Å². The van der Waals surface area contributed by atoms with Gasteiger partial charge in [0.1, 0.15) is 10.5 Å². The molecule has 0 rings (SSSR count). The number of rotatable bonds is 10. The van der Waals surface area contributed by atoms with E-state index in [-0.39, 0.29) is 0 Å². The molecule has 15 heavy (non-hydrogen) atoms. The summed E-state index contributed by atoms with van der Waals surface area (Å²) in [6.45, 7) is 7.96. The van der Waals surface area contributed by atoms with Gasteiger partial charge in [0.15, 0.2) is 0 Å². The molecule has 0 aromatic rings. The van der Waals surface area contributed by atoms with Gasteiger partial charge in [0, 0.05) is 6.61 Å². The normalized spacial score (nSPS) is 12.2. The van der Waals surface area contributed by atoms with Crippen LogP contribution in [0.2, 0.25) is 0 Å². The molecule has 0 radical (unpaired) electrons. The van der Waals surface area contributed by atoms with Crippen LogP contribution in [0.1, 0.15) is 72.1 Å². The average Bonchev–Trinajstić information content (AvgIpc) is 2.19. The topological polar surface area (TPSA) is 9.23 Å². The van der Waals surface area contributed by atoms with E-state index < -0.39 is 0 Å². The molecule has 92 valence electrons. The standard InChI is InChI=1S/C13H30OSi/c1-4-8-13(9-5-2,10-6-3)11-7-12-14-15/h4-12H2,1-3,15H3. The van der Waals surface area contributed by atoms with E-state index in [4.69, 9.17) is 4.43 Å². The number of hydrogen-bond donors (Lipinski definition) is 0. The lowest BCUT2D eigenvalue weighted by atomic mass is 9.72. The SMILES string of the molecule is CCCC(CCC)(CCC)CCCO[SiH3]. The van der Waals surface area contributed by atoms with Gasteiger partial charge in [0.05, 0.1) is 0 Å². The Kier molecular flexibility index (Phi) is 9.52. The summed E-state index contributed by atoms with van der Waals surface area (Å²) in [5, 5.41) is 0. The molecule has 1 nitrogen and oxygen atoms in total. The van der Waals surface area contributed by atoms with Gasteiger partial charge in [-0.25, -0.2) is 0 Å². The van der Waals surface area contributed by atoms with Crippen LogP contribution in [-0.4, -0.2) is 17.1 Å². The maximum Gasteiger partial charge on any atom is 0.145 e. The van der Waals surface area contributed by atoms with Crippen LogP contribution in [0, 0.1) is 5.41 Å². The zero-order chi connectivity index (χ0) is 11.6. The Hall–Kier alpha value is 0.177. The van der Waals surface area contributed by atoms with Crippen LogP contribution < -0.4 is 0 Å². The van der Waals surface area contributed by atoms with Gasteiger partial charge in [-0.15, -0.1) is 0 Å². The van der Waals surface area contributed by atoms with Crippen LogP contribution in [0.3, 0.4) is 0 Å². The van der Waals surface area contributed by atoms with Crippen molar-refractivity contribution in [3.05, 3.63) is 0 Å². The minimum Gasteiger partial charge on any atom is -0.428 e. The van der Waals surface area contributed by atoms with E-state index in [1.165, 1.54) is 51.4 Å². The smallest absolute Gasteiger partial charge is 0.145 e. The van der Waals surface area contributed by atoms with Gasteiger partial charge < -0.3 is 4.43 Å². The summed E-state index contributed by atoms with van der Waals surface area (Å²) >= 11 is 0. The fourth-order valence-corrected chi connectivity index (χ4v) is 3.22. The Morgan fingerprint density at radius 2 is 1.33 bits per heavy atom. The summed E-state index contributed by atoms with van der Waals surface area (Å²) in [5.41, 5.74) is 0.637. The largest absolute Gasteiger partial charge is 0.428 e. The van der Waals surface area contributed by atoms with Crippen molar-refractivity contribution in [2.24, 2.45) is 5.41 Å². The lowest BCUT2D eigenvalue weighted by molar-refractivity contribution is 0.173. The van der Waals surface area contributed by atoms with Crippen LogP contribution in [0.4, 0.5) is 0 Å². The molecule has 0 aliphatic heterocycles. The molecule has 0 spiro atoms. The van der Waals surface area contributed by atoms with E-state index in [9.17, 15) is 0 Å². The molecular weight excluding hydrogens is 200 g/mol. The minimum absolute atomic E-state index is 0.637. The highest BCUT2D eigenvalue weighted by Crippen LogP contribution is 2.39. The van der Waals surface area contributed by atoms with E-state index in [1.54, 1.807) is 0 Å². The highest BCUT2D eigenvalue weighted by molar-refractivity contribution is 5.97. The van der Waals surface area contributed by atoms with Crippen molar-refractivity contribution in [3.8, 4) is 0 Å². The predicted molar refractivity (Wildman–Crippen MR) is 72.3 cm³/mol. The first-order valence-electron chi connectivity index (χ1n) is 6.73. The molecule has 0 aromatic carbocycles. The molecule has 0 saturated heterocycles. The molecule has 0 N–H and O–H groups in total. The third-order valence-electron chi connectivity index (χ3n) is 3.40. The van der Waals surface area contributed by atoms with Gasteiger partial charge >= 0.3 is 0 Å². The zero-order valence-corrected chi connectivity index (χ0v) is 13.3. The molecule has 0 aliphatic carbocycles. The predicted octanol–water partition coefficient (Wildman–Crippen LogP) is 3.45. The van der Waals surface area contributed by atoms with Gasteiger partial charge in [0.2, 0.25) is 0 Å². The Labute approximate surface area is 99.5 Å². The Bertz CT molecular complexity index is 119. The van der Waals surface area contributed by atoms with Crippen LogP contribution in [0.25, 0.3) is 0 Å². The Morgan fingerprint density at radius 1 is 0.867 bits per heavy atom. The molecule has 0 aromatic heterocycles. The number of hydrogen-bond acceptors (Lipinski definition) is 1. The third kappa shape index (κ3) is 6.36. The van der Waals surface area contributed by atoms with Gasteiger partial charge in [0.25, 0.3) is 0 Å². The van der Waals surface area contributed by atoms with E-state index in [1.807, 2.05) is 0 Å². The van der Waals surface area contributed by atoms with E-state index in [0.29, 0.717) is 5.41 Å². The van der Waals surface area contributed by atoms with Crippen molar-refractivity contribution in [3.63, 3.8) is 0 Å². The first-order chi connectivity index (χ1) is 7.24. The minimum atomic E-state index is 0.637. The summed E-state index contributed by atoms with van der Waals surface area (Å²) in [6.07, 6.45) is 10.9. The molecule has 0 saturated carbocycles.